The lowest BCUT2D eigenvalue weighted by Crippen LogP contribution is -2.15. The zero-order chi connectivity index (χ0) is 16.2. The second kappa shape index (κ2) is 6.93. The van der Waals surface area contributed by atoms with Crippen LogP contribution in [0.25, 0.3) is 11.3 Å². The standard InChI is InChI=1S/C17H13BrN2O2S/c1-11-4-5-12(9-14(11)18)15-7-6-13(22-15)10-19-20-17(21)16-3-2-8-23-16/h2-10H,1H3,(H,20,21)/b19-10-. The first kappa shape index (κ1) is 15.7. The third-order valence-corrected chi connectivity index (χ3v) is 4.91. The summed E-state index contributed by atoms with van der Waals surface area (Å²) in [6.45, 7) is 2.03. The number of nitrogens with one attached hydrogen (secondary N) is 1. The lowest BCUT2D eigenvalue weighted by atomic mass is 10.1. The molecule has 0 aliphatic carbocycles. The SMILES string of the molecule is Cc1ccc(-c2ccc(/C=N\NC(=O)c3cccs3)o2)cc1Br. The summed E-state index contributed by atoms with van der Waals surface area (Å²) in [4.78, 5) is 12.4. The first-order valence-electron chi connectivity index (χ1n) is 6.87. The molecule has 116 valence electrons. The summed E-state index contributed by atoms with van der Waals surface area (Å²) >= 11 is 4.88. The Hall–Kier alpha value is -2.18. The Morgan fingerprint density at radius 3 is 2.91 bits per heavy atom. The Morgan fingerprint density at radius 2 is 2.17 bits per heavy atom. The Labute approximate surface area is 146 Å². The Kier molecular flexibility index (Phi) is 4.73. The van der Waals surface area contributed by atoms with Gasteiger partial charge in [0.05, 0.1) is 11.1 Å². The van der Waals surface area contributed by atoms with E-state index in [-0.39, 0.29) is 5.91 Å². The summed E-state index contributed by atoms with van der Waals surface area (Å²) in [6.07, 6.45) is 1.48. The number of benzene rings is 1. The highest BCUT2D eigenvalue weighted by Gasteiger charge is 2.06. The molecular formula is C17H13BrN2O2S. The molecule has 4 nitrogen and oxygen atoms in total. The van der Waals surface area contributed by atoms with Crippen molar-refractivity contribution in [3.8, 4) is 11.3 Å². The van der Waals surface area contributed by atoms with Crippen LogP contribution in [0.1, 0.15) is 21.0 Å². The molecule has 3 aromatic rings. The van der Waals surface area contributed by atoms with Gasteiger partial charge in [0.2, 0.25) is 0 Å². The van der Waals surface area contributed by atoms with E-state index in [9.17, 15) is 4.79 Å². The molecular weight excluding hydrogens is 376 g/mol. The average molecular weight is 389 g/mol. The largest absolute Gasteiger partial charge is 0.455 e. The van der Waals surface area contributed by atoms with Gasteiger partial charge in [-0.3, -0.25) is 4.79 Å². The van der Waals surface area contributed by atoms with E-state index in [0.29, 0.717) is 10.6 Å². The molecule has 0 radical (unpaired) electrons. The lowest BCUT2D eigenvalue weighted by molar-refractivity contribution is 0.0959. The molecule has 0 unspecified atom stereocenters. The Balaban J connectivity index is 1.68. The first-order valence-corrected chi connectivity index (χ1v) is 8.54. The molecule has 23 heavy (non-hydrogen) atoms. The molecule has 1 amide bonds. The maximum absolute atomic E-state index is 11.7. The number of hydrazone groups is 1. The molecule has 2 heterocycles. The summed E-state index contributed by atoms with van der Waals surface area (Å²) < 4.78 is 6.75. The molecule has 0 spiro atoms. The smallest absolute Gasteiger partial charge is 0.281 e. The molecule has 0 saturated heterocycles. The zero-order valence-corrected chi connectivity index (χ0v) is 14.6. The number of aryl methyl sites for hydroxylation is 1. The average Bonchev–Trinajstić information content (AvgIpc) is 3.21. The van der Waals surface area contributed by atoms with Gasteiger partial charge < -0.3 is 4.42 Å². The number of carbonyl (C=O) groups is 1. The summed E-state index contributed by atoms with van der Waals surface area (Å²) in [7, 11) is 0. The molecule has 0 fully saturated rings. The molecule has 0 atom stereocenters. The number of hydrogen-bond acceptors (Lipinski definition) is 4. The summed E-state index contributed by atoms with van der Waals surface area (Å²) in [6, 6.07) is 13.3. The predicted molar refractivity (Wildman–Crippen MR) is 96.0 cm³/mol. The topological polar surface area (TPSA) is 54.6 Å². The van der Waals surface area contributed by atoms with Crippen LogP contribution < -0.4 is 5.43 Å². The monoisotopic (exact) mass is 388 g/mol. The minimum Gasteiger partial charge on any atom is -0.455 e. The van der Waals surface area contributed by atoms with Crippen LogP contribution in [0.4, 0.5) is 0 Å². The van der Waals surface area contributed by atoms with Gasteiger partial charge in [-0.25, -0.2) is 5.43 Å². The molecule has 1 aromatic carbocycles. The lowest BCUT2D eigenvalue weighted by Gasteiger charge is -2.01. The molecule has 0 aliphatic heterocycles. The second-order valence-corrected chi connectivity index (χ2v) is 6.64. The van der Waals surface area contributed by atoms with E-state index in [2.05, 4.69) is 26.5 Å². The van der Waals surface area contributed by atoms with Crippen LogP contribution in [0.3, 0.4) is 0 Å². The van der Waals surface area contributed by atoms with Gasteiger partial charge in [-0.1, -0.05) is 34.1 Å². The maximum Gasteiger partial charge on any atom is 0.281 e. The summed E-state index contributed by atoms with van der Waals surface area (Å²) in [5.41, 5.74) is 4.61. The van der Waals surface area contributed by atoms with E-state index in [0.717, 1.165) is 15.8 Å². The van der Waals surface area contributed by atoms with E-state index in [4.69, 9.17) is 4.42 Å². The number of hydrogen-bond donors (Lipinski definition) is 1. The molecule has 1 N–H and O–H groups in total. The molecule has 0 saturated carbocycles. The highest BCUT2D eigenvalue weighted by atomic mass is 79.9. The Bertz CT molecular complexity index is 853. The fourth-order valence-electron chi connectivity index (χ4n) is 1.94. The van der Waals surface area contributed by atoms with Gasteiger partial charge in [-0.05, 0) is 42.1 Å². The summed E-state index contributed by atoms with van der Waals surface area (Å²) in [5, 5.41) is 5.76. The quantitative estimate of drug-likeness (QED) is 0.513. The molecule has 3 rings (SSSR count). The molecule has 6 heteroatoms. The van der Waals surface area contributed by atoms with Gasteiger partial charge >= 0.3 is 0 Å². The van der Waals surface area contributed by atoms with Crippen molar-refractivity contribution in [2.24, 2.45) is 5.10 Å². The maximum atomic E-state index is 11.7. The number of halogens is 1. The van der Waals surface area contributed by atoms with Crippen LogP contribution in [0.15, 0.2) is 61.8 Å². The second-order valence-electron chi connectivity index (χ2n) is 4.84. The number of furan rings is 1. The highest BCUT2D eigenvalue weighted by Crippen LogP contribution is 2.26. The van der Waals surface area contributed by atoms with Crippen molar-refractivity contribution in [3.05, 3.63) is 68.5 Å². The Morgan fingerprint density at radius 1 is 1.30 bits per heavy atom. The van der Waals surface area contributed by atoms with Gasteiger partial charge in [0.15, 0.2) is 0 Å². The van der Waals surface area contributed by atoms with Crippen LogP contribution >= 0.6 is 27.3 Å². The third kappa shape index (κ3) is 3.78. The van der Waals surface area contributed by atoms with Crippen molar-refractivity contribution < 1.29 is 9.21 Å². The van der Waals surface area contributed by atoms with Crippen LogP contribution in [-0.2, 0) is 0 Å². The molecule has 2 aromatic heterocycles. The number of carbonyl (C=O) groups excluding carboxylic acids is 1. The minimum absolute atomic E-state index is 0.231. The van der Waals surface area contributed by atoms with Crippen LogP contribution in [0.5, 0.6) is 0 Å². The number of amides is 1. The molecule has 0 bridgehead atoms. The van der Waals surface area contributed by atoms with Crippen molar-refractivity contribution in [1.82, 2.24) is 5.43 Å². The fraction of sp³-hybridized carbons (Fsp3) is 0.0588. The van der Waals surface area contributed by atoms with Gasteiger partial charge in [-0.2, -0.15) is 5.10 Å². The number of rotatable bonds is 4. The van der Waals surface area contributed by atoms with Crippen molar-refractivity contribution in [3.63, 3.8) is 0 Å². The minimum atomic E-state index is -0.231. The van der Waals surface area contributed by atoms with Gasteiger partial charge in [0, 0.05) is 10.0 Å². The van der Waals surface area contributed by atoms with Crippen molar-refractivity contribution in [1.29, 1.82) is 0 Å². The summed E-state index contributed by atoms with van der Waals surface area (Å²) in [5.74, 6) is 1.09. The molecule has 0 aliphatic rings. The number of thiophene rings is 1. The van der Waals surface area contributed by atoms with E-state index in [1.807, 2.05) is 48.7 Å². The van der Waals surface area contributed by atoms with Crippen LogP contribution in [0.2, 0.25) is 0 Å². The van der Waals surface area contributed by atoms with Crippen LogP contribution in [0, 0.1) is 6.92 Å². The van der Waals surface area contributed by atoms with E-state index >= 15 is 0 Å². The predicted octanol–water partition coefficient (Wildman–Crippen LogP) is 4.84. The van der Waals surface area contributed by atoms with Crippen molar-refractivity contribution in [2.75, 3.05) is 0 Å². The third-order valence-electron chi connectivity index (χ3n) is 3.19. The normalized spacial score (nSPS) is 11.0. The number of nitrogens with zero attached hydrogens (tertiary/aromatic N) is 1. The fourth-order valence-corrected chi connectivity index (χ4v) is 2.93. The van der Waals surface area contributed by atoms with E-state index in [1.165, 1.54) is 23.1 Å². The van der Waals surface area contributed by atoms with Gasteiger partial charge in [0.1, 0.15) is 11.5 Å². The zero-order valence-electron chi connectivity index (χ0n) is 12.2. The first-order chi connectivity index (χ1) is 11.1. The van der Waals surface area contributed by atoms with Gasteiger partial charge in [-0.15, -0.1) is 11.3 Å². The van der Waals surface area contributed by atoms with Crippen LogP contribution in [-0.4, -0.2) is 12.1 Å². The van der Waals surface area contributed by atoms with Gasteiger partial charge in [0.25, 0.3) is 5.91 Å². The van der Waals surface area contributed by atoms with Crippen molar-refractivity contribution in [2.45, 2.75) is 6.92 Å². The highest BCUT2D eigenvalue weighted by molar-refractivity contribution is 9.10. The van der Waals surface area contributed by atoms with Crippen molar-refractivity contribution >= 4 is 39.4 Å². The van der Waals surface area contributed by atoms with E-state index in [1.54, 1.807) is 6.07 Å². The van der Waals surface area contributed by atoms with E-state index < -0.39 is 0 Å².